The zero-order valence-electron chi connectivity index (χ0n) is 9.12. The second-order valence-electron chi connectivity index (χ2n) is 3.18. The number of halogens is 3. The quantitative estimate of drug-likeness (QED) is 0.742. The van der Waals surface area contributed by atoms with Gasteiger partial charge < -0.3 is 15.7 Å². The third-order valence-electron chi connectivity index (χ3n) is 1.74. The standard InChI is InChI=1S/C10H11F3N2O2S/c11-10(12,13)18-8-3-1-7(2-4-8)15-9(17)14-5-6-16/h1-4,16H,5-6H2,(H2,14,15,17). The minimum Gasteiger partial charge on any atom is -0.395 e. The molecule has 0 atom stereocenters. The summed E-state index contributed by atoms with van der Waals surface area (Å²) in [5.74, 6) is 0. The first-order chi connectivity index (χ1) is 8.40. The van der Waals surface area contributed by atoms with Crippen LogP contribution in [0, 0.1) is 0 Å². The van der Waals surface area contributed by atoms with Gasteiger partial charge >= 0.3 is 11.5 Å². The van der Waals surface area contributed by atoms with Gasteiger partial charge in [0.2, 0.25) is 0 Å². The molecule has 0 spiro atoms. The van der Waals surface area contributed by atoms with Gasteiger partial charge in [0.1, 0.15) is 0 Å². The van der Waals surface area contributed by atoms with E-state index in [4.69, 9.17) is 5.11 Å². The average molecular weight is 280 g/mol. The van der Waals surface area contributed by atoms with Crippen LogP contribution < -0.4 is 10.6 Å². The Morgan fingerprint density at radius 3 is 2.39 bits per heavy atom. The molecule has 0 aromatic heterocycles. The van der Waals surface area contributed by atoms with E-state index in [2.05, 4.69) is 10.6 Å². The molecule has 0 heterocycles. The minimum atomic E-state index is -4.33. The lowest BCUT2D eigenvalue weighted by Crippen LogP contribution is -2.30. The number of thioether (sulfide) groups is 1. The third kappa shape index (κ3) is 5.78. The normalized spacial score (nSPS) is 11.1. The van der Waals surface area contributed by atoms with Crippen LogP contribution in [-0.4, -0.2) is 29.8 Å². The Morgan fingerprint density at radius 2 is 1.89 bits per heavy atom. The molecule has 1 rings (SSSR count). The van der Waals surface area contributed by atoms with Crippen molar-refractivity contribution in [1.29, 1.82) is 0 Å². The number of hydrogen-bond acceptors (Lipinski definition) is 3. The predicted octanol–water partition coefficient (Wildman–Crippen LogP) is 2.41. The maximum atomic E-state index is 12.1. The van der Waals surface area contributed by atoms with E-state index >= 15 is 0 Å². The molecule has 0 aliphatic carbocycles. The number of rotatable bonds is 4. The van der Waals surface area contributed by atoms with Crippen LogP contribution in [0.3, 0.4) is 0 Å². The van der Waals surface area contributed by atoms with Gasteiger partial charge in [-0.3, -0.25) is 0 Å². The van der Waals surface area contributed by atoms with Crippen LogP contribution in [0.15, 0.2) is 29.2 Å². The SMILES string of the molecule is O=C(NCCO)Nc1ccc(SC(F)(F)F)cc1. The van der Waals surface area contributed by atoms with Gasteiger partial charge in [-0.05, 0) is 36.0 Å². The number of aliphatic hydroxyl groups excluding tert-OH is 1. The van der Waals surface area contributed by atoms with Crippen molar-refractivity contribution < 1.29 is 23.1 Å². The van der Waals surface area contributed by atoms with E-state index in [0.717, 1.165) is 0 Å². The second-order valence-corrected chi connectivity index (χ2v) is 4.32. The van der Waals surface area contributed by atoms with Gasteiger partial charge in [0.25, 0.3) is 0 Å². The summed E-state index contributed by atoms with van der Waals surface area (Å²) in [5.41, 5.74) is -3.95. The number of carbonyl (C=O) groups is 1. The van der Waals surface area contributed by atoms with Crippen molar-refractivity contribution in [1.82, 2.24) is 5.32 Å². The predicted molar refractivity (Wildman–Crippen MR) is 62.5 cm³/mol. The number of urea groups is 1. The molecule has 18 heavy (non-hydrogen) atoms. The van der Waals surface area contributed by atoms with E-state index in [9.17, 15) is 18.0 Å². The smallest absolute Gasteiger partial charge is 0.395 e. The highest BCUT2D eigenvalue weighted by Crippen LogP contribution is 2.36. The van der Waals surface area contributed by atoms with Gasteiger partial charge in [-0.2, -0.15) is 13.2 Å². The lowest BCUT2D eigenvalue weighted by atomic mass is 10.3. The third-order valence-corrected chi connectivity index (χ3v) is 2.48. The molecule has 1 aromatic rings. The summed E-state index contributed by atoms with van der Waals surface area (Å²) in [7, 11) is 0. The number of benzene rings is 1. The monoisotopic (exact) mass is 280 g/mol. The highest BCUT2D eigenvalue weighted by atomic mass is 32.2. The van der Waals surface area contributed by atoms with Crippen molar-refractivity contribution in [2.24, 2.45) is 0 Å². The summed E-state index contributed by atoms with van der Waals surface area (Å²) >= 11 is -0.219. The van der Waals surface area contributed by atoms with Crippen LogP contribution in [0.1, 0.15) is 0 Å². The molecule has 3 N–H and O–H groups in total. The number of anilines is 1. The van der Waals surface area contributed by atoms with Crippen LogP contribution in [-0.2, 0) is 0 Å². The lowest BCUT2D eigenvalue weighted by Gasteiger charge is -2.08. The first-order valence-electron chi connectivity index (χ1n) is 4.92. The van der Waals surface area contributed by atoms with E-state index in [0.29, 0.717) is 5.69 Å². The molecule has 0 bridgehead atoms. The van der Waals surface area contributed by atoms with Crippen LogP contribution >= 0.6 is 11.8 Å². The van der Waals surface area contributed by atoms with Crippen LogP contribution in [0.2, 0.25) is 0 Å². The molecule has 2 amide bonds. The fourth-order valence-corrected chi connectivity index (χ4v) is 1.62. The summed E-state index contributed by atoms with van der Waals surface area (Å²) in [6.07, 6.45) is 0. The molecular weight excluding hydrogens is 269 g/mol. The van der Waals surface area contributed by atoms with Crippen molar-refractivity contribution in [3.05, 3.63) is 24.3 Å². The number of aliphatic hydroxyl groups is 1. The summed E-state index contributed by atoms with van der Waals surface area (Å²) in [6.45, 7) is -0.0809. The van der Waals surface area contributed by atoms with Gasteiger partial charge in [0.15, 0.2) is 0 Å². The van der Waals surface area contributed by atoms with Crippen molar-refractivity contribution in [2.45, 2.75) is 10.4 Å². The van der Waals surface area contributed by atoms with E-state index in [1.807, 2.05) is 0 Å². The fourth-order valence-electron chi connectivity index (χ4n) is 1.08. The maximum absolute atomic E-state index is 12.1. The first kappa shape index (κ1) is 14.7. The molecule has 8 heteroatoms. The van der Waals surface area contributed by atoms with Gasteiger partial charge in [0.05, 0.1) is 6.61 Å². The maximum Gasteiger partial charge on any atom is 0.446 e. The van der Waals surface area contributed by atoms with E-state index < -0.39 is 11.5 Å². The molecule has 0 unspecified atom stereocenters. The lowest BCUT2D eigenvalue weighted by molar-refractivity contribution is -0.0328. The van der Waals surface area contributed by atoms with Crippen LogP contribution in [0.5, 0.6) is 0 Å². The number of amides is 2. The van der Waals surface area contributed by atoms with Crippen LogP contribution in [0.25, 0.3) is 0 Å². The van der Waals surface area contributed by atoms with Crippen molar-refractivity contribution in [2.75, 3.05) is 18.5 Å². The van der Waals surface area contributed by atoms with E-state index in [1.54, 1.807) is 0 Å². The number of nitrogens with one attached hydrogen (secondary N) is 2. The van der Waals surface area contributed by atoms with E-state index in [-0.39, 0.29) is 29.8 Å². The van der Waals surface area contributed by atoms with Crippen molar-refractivity contribution >= 4 is 23.5 Å². The molecule has 0 aliphatic heterocycles. The Labute approximate surface area is 106 Å². The second kappa shape index (κ2) is 6.50. The molecule has 0 fully saturated rings. The first-order valence-corrected chi connectivity index (χ1v) is 5.74. The Balaban J connectivity index is 2.52. The molecule has 4 nitrogen and oxygen atoms in total. The molecule has 0 saturated carbocycles. The van der Waals surface area contributed by atoms with Gasteiger partial charge in [-0.25, -0.2) is 4.79 Å². The summed E-state index contributed by atoms with van der Waals surface area (Å²) < 4.78 is 36.2. The van der Waals surface area contributed by atoms with Gasteiger partial charge in [0, 0.05) is 17.1 Å². The molecule has 1 aromatic carbocycles. The number of carbonyl (C=O) groups excluding carboxylic acids is 1. The van der Waals surface area contributed by atoms with Crippen LogP contribution in [0.4, 0.5) is 23.7 Å². The minimum absolute atomic E-state index is 0.0452. The van der Waals surface area contributed by atoms with Crippen molar-refractivity contribution in [3.63, 3.8) is 0 Å². The Hall–Kier alpha value is -1.41. The number of alkyl halides is 3. The summed E-state index contributed by atoms with van der Waals surface area (Å²) in [6, 6.07) is 4.74. The Morgan fingerprint density at radius 1 is 1.28 bits per heavy atom. The van der Waals surface area contributed by atoms with Crippen molar-refractivity contribution in [3.8, 4) is 0 Å². The zero-order valence-corrected chi connectivity index (χ0v) is 9.94. The molecular formula is C10H11F3N2O2S. The topological polar surface area (TPSA) is 61.4 Å². The highest BCUT2D eigenvalue weighted by molar-refractivity contribution is 8.00. The average Bonchev–Trinajstić information content (AvgIpc) is 2.27. The largest absolute Gasteiger partial charge is 0.446 e. The molecule has 100 valence electrons. The summed E-state index contributed by atoms with van der Waals surface area (Å²) in [4.78, 5) is 11.2. The van der Waals surface area contributed by atoms with Gasteiger partial charge in [-0.15, -0.1) is 0 Å². The molecule has 0 aliphatic rings. The Kier molecular flexibility index (Phi) is 5.29. The zero-order chi connectivity index (χ0) is 13.6. The fraction of sp³-hybridized carbons (Fsp3) is 0.300. The summed E-state index contributed by atoms with van der Waals surface area (Å²) in [5, 5.41) is 13.2. The number of hydrogen-bond donors (Lipinski definition) is 3. The molecule has 0 radical (unpaired) electrons. The van der Waals surface area contributed by atoms with E-state index in [1.165, 1.54) is 24.3 Å². The molecule has 0 saturated heterocycles. The highest BCUT2D eigenvalue weighted by Gasteiger charge is 2.28. The Bertz CT molecular complexity index is 395. The van der Waals surface area contributed by atoms with Gasteiger partial charge in [-0.1, -0.05) is 0 Å².